The molecule has 0 fully saturated rings. The molecule has 0 bridgehead atoms. The highest BCUT2D eigenvalue weighted by molar-refractivity contribution is 5.50. The minimum absolute atomic E-state index is 0.157. The van der Waals surface area contributed by atoms with Gasteiger partial charge in [-0.25, -0.2) is 8.78 Å². The fourth-order valence-corrected chi connectivity index (χ4v) is 3.37. The number of benzene rings is 3. The topological polar surface area (TPSA) is 30.5 Å². The molecule has 9 heteroatoms. The molecule has 0 spiro atoms. The summed E-state index contributed by atoms with van der Waals surface area (Å²) in [6.07, 6.45) is -0.380. The number of ether oxygens (including phenoxy) is 2. The molecule has 3 nitrogen and oxygen atoms in total. The van der Waals surface area contributed by atoms with Gasteiger partial charge in [0, 0.05) is 11.8 Å². The summed E-state index contributed by atoms with van der Waals surface area (Å²) < 4.78 is 103. The van der Waals surface area contributed by atoms with Gasteiger partial charge in [0.05, 0.1) is 0 Å². The quantitative estimate of drug-likeness (QED) is 0.323. The van der Waals surface area contributed by atoms with Gasteiger partial charge in [0.25, 0.3) is 5.79 Å². The summed E-state index contributed by atoms with van der Waals surface area (Å²) in [5.41, 5.74) is -0.157. The summed E-state index contributed by atoms with van der Waals surface area (Å²) in [6.45, 7) is 0. The summed E-state index contributed by atoms with van der Waals surface area (Å²) in [5, 5.41) is 1.94. The zero-order chi connectivity index (χ0) is 23.7. The summed E-state index contributed by atoms with van der Waals surface area (Å²) in [6, 6.07) is 19.3. The Labute approximate surface area is 185 Å². The van der Waals surface area contributed by atoms with Crippen LogP contribution in [-0.2, 0) is 0 Å². The maximum absolute atomic E-state index is 16.5. The molecule has 1 aliphatic rings. The third-order valence-electron chi connectivity index (χ3n) is 5.01. The van der Waals surface area contributed by atoms with Gasteiger partial charge < -0.3 is 14.8 Å². The molecule has 0 saturated carbocycles. The minimum atomic E-state index is -5.26. The van der Waals surface area contributed by atoms with Crippen molar-refractivity contribution in [3.63, 3.8) is 0 Å². The van der Waals surface area contributed by atoms with Gasteiger partial charge in [-0.2, -0.15) is 17.6 Å². The van der Waals surface area contributed by atoms with Crippen LogP contribution >= 0.6 is 0 Å². The van der Waals surface area contributed by atoms with Crippen molar-refractivity contribution >= 4 is 5.69 Å². The highest BCUT2D eigenvalue weighted by Gasteiger charge is 2.85. The number of alkyl halides is 5. The minimum Gasteiger partial charge on any atom is -0.447 e. The second kappa shape index (κ2) is 8.06. The van der Waals surface area contributed by atoms with Crippen LogP contribution in [0.3, 0.4) is 0 Å². The highest BCUT2D eigenvalue weighted by Crippen LogP contribution is 2.58. The second-order valence-corrected chi connectivity index (χ2v) is 7.29. The SMILES string of the molecule is FC1=CC(F)(Nc2ccccc2)C(F)(Oc2ccccc2)C(F)(Oc2ccccc2)C1(F)F. The number of para-hydroxylation sites is 3. The van der Waals surface area contributed by atoms with Crippen LogP contribution in [0.25, 0.3) is 0 Å². The molecule has 0 aliphatic heterocycles. The van der Waals surface area contributed by atoms with E-state index in [1.807, 2.05) is 5.32 Å². The smallest absolute Gasteiger partial charge is 0.394 e. The van der Waals surface area contributed by atoms with Crippen molar-refractivity contribution in [1.82, 2.24) is 0 Å². The third kappa shape index (κ3) is 3.67. The van der Waals surface area contributed by atoms with Crippen LogP contribution < -0.4 is 14.8 Å². The number of anilines is 1. The van der Waals surface area contributed by atoms with E-state index in [-0.39, 0.29) is 11.8 Å². The molecule has 3 aromatic rings. The van der Waals surface area contributed by atoms with Crippen molar-refractivity contribution < 1.29 is 35.8 Å². The Morgan fingerprint density at radius 3 is 1.48 bits per heavy atom. The number of hydrogen-bond donors (Lipinski definition) is 1. The standard InChI is InChI=1S/C24H17F6NO2/c25-20-16-21(26,31-17-10-4-1-5-11-17)23(29,32-18-12-6-2-7-13-18)24(30,22(20,27)28)33-19-14-8-3-9-15-19/h1-16,31H. The lowest BCUT2D eigenvalue weighted by atomic mass is 9.84. The van der Waals surface area contributed by atoms with Crippen LogP contribution in [0.4, 0.5) is 32.0 Å². The molecule has 172 valence electrons. The summed E-state index contributed by atoms with van der Waals surface area (Å²) in [7, 11) is 0. The molecular weight excluding hydrogens is 448 g/mol. The molecule has 33 heavy (non-hydrogen) atoms. The van der Waals surface area contributed by atoms with Gasteiger partial charge in [-0.15, -0.1) is 0 Å². The van der Waals surface area contributed by atoms with E-state index in [0.717, 1.165) is 24.3 Å². The average Bonchev–Trinajstić information content (AvgIpc) is 2.80. The van der Waals surface area contributed by atoms with E-state index in [4.69, 9.17) is 4.74 Å². The fraction of sp³-hybridized carbons (Fsp3) is 0.167. The number of halogens is 6. The molecule has 0 saturated heterocycles. The third-order valence-corrected chi connectivity index (χ3v) is 5.01. The van der Waals surface area contributed by atoms with E-state index in [2.05, 4.69) is 4.74 Å². The normalized spacial score (nSPS) is 28.5. The number of nitrogens with one attached hydrogen (secondary N) is 1. The van der Waals surface area contributed by atoms with Crippen LogP contribution in [0.1, 0.15) is 0 Å². The zero-order valence-electron chi connectivity index (χ0n) is 16.8. The van der Waals surface area contributed by atoms with Crippen molar-refractivity contribution in [2.45, 2.75) is 23.4 Å². The molecule has 4 rings (SSSR count). The first-order chi connectivity index (χ1) is 15.6. The van der Waals surface area contributed by atoms with Gasteiger partial charge in [-0.3, -0.25) is 0 Å². The van der Waals surface area contributed by atoms with E-state index in [9.17, 15) is 13.2 Å². The molecule has 0 aromatic heterocycles. The van der Waals surface area contributed by atoms with E-state index in [0.29, 0.717) is 0 Å². The number of rotatable bonds is 6. The first-order valence-electron chi connectivity index (χ1n) is 9.76. The molecule has 3 atom stereocenters. The number of hydrogen-bond acceptors (Lipinski definition) is 3. The largest absolute Gasteiger partial charge is 0.447 e. The molecule has 0 amide bonds. The lowest BCUT2D eigenvalue weighted by Gasteiger charge is -2.49. The summed E-state index contributed by atoms with van der Waals surface area (Å²) in [5.74, 6) is -22.5. The Kier molecular flexibility index (Phi) is 5.51. The first-order valence-corrected chi connectivity index (χ1v) is 9.76. The summed E-state index contributed by atoms with van der Waals surface area (Å²) in [4.78, 5) is 0. The fourth-order valence-electron chi connectivity index (χ4n) is 3.37. The summed E-state index contributed by atoms with van der Waals surface area (Å²) >= 11 is 0. The van der Waals surface area contributed by atoms with Crippen LogP contribution in [0.2, 0.25) is 0 Å². The van der Waals surface area contributed by atoms with Gasteiger partial charge in [0.2, 0.25) is 0 Å². The Morgan fingerprint density at radius 1 is 0.576 bits per heavy atom. The van der Waals surface area contributed by atoms with Gasteiger partial charge in [0.1, 0.15) is 11.5 Å². The van der Waals surface area contributed by atoms with Gasteiger partial charge in [0.15, 0.2) is 5.83 Å². The lowest BCUT2D eigenvalue weighted by molar-refractivity contribution is -0.369. The van der Waals surface area contributed by atoms with Crippen molar-refractivity contribution in [2.75, 3.05) is 5.32 Å². The van der Waals surface area contributed by atoms with Crippen LogP contribution in [0.5, 0.6) is 11.5 Å². The predicted octanol–water partition coefficient (Wildman–Crippen LogP) is 6.76. The zero-order valence-corrected chi connectivity index (χ0v) is 16.8. The second-order valence-electron chi connectivity index (χ2n) is 7.29. The van der Waals surface area contributed by atoms with Crippen LogP contribution in [0.15, 0.2) is 103 Å². The van der Waals surface area contributed by atoms with Crippen molar-refractivity contribution in [3.05, 3.63) is 103 Å². The first kappa shape index (κ1) is 22.6. The molecule has 0 radical (unpaired) electrons. The predicted molar refractivity (Wildman–Crippen MR) is 110 cm³/mol. The van der Waals surface area contributed by atoms with Crippen LogP contribution in [-0.4, -0.2) is 23.4 Å². The van der Waals surface area contributed by atoms with Crippen molar-refractivity contribution in [2.24, 2.45) is 0 Å². The van der Waals surface area contributed by atoms with E-state index < -0.39 is 40.8 Å². The maximum Gasteiger partial charge on any atom is 0.394 e. The molecule has 0 heterocycles. The average molecular weight is 465 g/mol. The molecule has 3 aromatic carbocycles. The Morgan fingerprint density at radius 2 is 1.00 bits per heavy atom. The Bertz CT molecular complexity index is 1130. The monoisotopic (exact) mass is 465 g/mol. The van der Waals surface area contributed by atoms with Crippen molar-refractivity contribution in [1.29, 1.82) is 0 Å². The molecular formula is C24H17F6NO2. The lowest BCUT2D eigenvalue weighted by Crippen LogP contribution is -2.77. The Hall–Kier alpha value is -3.62. The van der Waals surface area contributed by atoms with Crippen LogP contribution in [0, 0.1) is 0 Å². The van der Waals surface area contributed by atoms with E-state index in [1.54, 1.807) is 6.07 Å². The Balaban J connectivity index is 1.92. The van der Waals surface area contributed by atoms with Gasteiger partial charge >= 0.3 is 17.6 Å². The van der Waals surface area contributed by atoms with Gasteiger partial charge in [-0.1, -0.05) is 54.6 Å². The van der Waals surface area contributed by atoms with Crippen molar-refractivity contribution in [3.8, 4) is 11.5 Å². The molecule has 3 unspecified atom stereocenters. The van der Waals surface area contributed by atoms with Gasteiger partial charge in [-0.05, 0) is 36.4 Å². The van der Waals surface area contributed by atoms with E-state index >= 15 is 13.2 Å². The maximum atomic E-state index is 16.5. The van der Waals surface area contributed by atoms with E-state index in [1.165, 1.54) is 60.7 Å². The highest BCUT2D eigenvalue weighted by atomic mass is 19.3. The molecule has 1 aliphatic carbocycles. The molecule has 1 N–H and O–H groups in total.